The first-order valence-corrected chi connectivity index (χ1v) is 7.54. The summed E-state index contributed by atoms with van der Waals surface area (Å²) in [6.07, 6.45) is 7.05. The molecule has 0 aliphatic heterocycles. The second-order valence-electron chi connectivity index (χ2n) is 6.02. The summed E-state index contributed by atoms with van der Waals surface area (Å²) < 4.78 is 0. The van der Waals surface area contributed by atoms with Crippen LogP contribution in [-0.4, -0.2) is 18.1 Å². The number of nitrogens with zero attached hydrogens (tertiary/aromatic N) is 2. The smallest absolute Gasteiger partial charge is 0.0745 e. The van der Waals surface area contributed by atoms with Gasteiger partial charge in [0.1, 0.15) is 0 Å². The number of fused-ring (bicyclic) bond motifs is 1. The van der Waals surface area contributed by atoms with Gasteiger partial charge < -0.3 is 10.6 Å². The number of rotatable bonds is 2. The summed E-state index contributed by atoms with van der Waals surface area (Å²) in [7, 11) is 2.19. The lowest BCUT2D eigenvalue weighted by Gasteiger charge is -2.38. The molecule has 2 unspecified atom stereocenters. The number of benzene rings is 1. The molecule has 1 fully saturated rings. The zero-order valence-corrected chi connectivity index (χ0v) is 12.3. The largest absolute Gasteiger partial charge is 0.396 e. The van der Waals surface area contributed by atoms with Gasteiger partial charge in [-0.15, -0.1) is 0 Å². The normalized spacial score (nSPS) is 22.9. The number of nitrogen functional groups attached to an aromatic ring is 1. The fourth-order valence-corrected chi connectivity index (χ4v) is 3.57. The van der Waals surface area contributed by atoms with Crippen LogP contribution in [0.15, 0.2) is 30.5 Å². The van der Waals surface area contributed by atoms with E-state index in [-0.39, 0.29) is 0 Å². The van der Waals surface area contributed by atoms with Crippen molar-refractivity contribution in [2.75, 3.05) is 17.7 Å². The Labute approximate surface area is 120 Å². The first-order valence-electron chi connectivity index (χ1n) is 7.54. The van der Waals surface area contributed by atoms with Gasteiger partial charge in [0.2, 0.25) is 0 Å². The summed E-state index contributed by atoms with van der Waals surface area (Å²) in [5.41, 5.74) is 9.18. The molecule has 1 saturated carbocycles. The predicted molar refractivity (Wildman–Crippen MR) is 86.0 cm³/mol. The van der Waals surface area contributed by atoms with Crippen molar-refractivity contribution in [3.05, 3.63) is 30.5 Å². The predicted octanol–water partition coefficient (Wildman–Crippen LogP) is 3.83. The van der Waals surface area contributed by atoms with Gasteiger partial charge in [-0.25, -0.2) is 0 Å². The van der Waals surface area contributed by atoms with Gasteiger partial charge in [-0.05, 0) is 24.8 Å². The van der Waals surface area contributed by atoms with Gasteiger partial charge in [-0.2, -0.15) is 0 Å². The number of anilines is 2. The van der Waals surface area contributed by atoms with Gasteiger partial charge in [0.15, 0.2) is 0 Å². The standard InChI is InChI=1S/C17H23N3/c1-12-7-3-6-10-16(12)20(2)17-13-8-4-5-9-15(13)19-11-14(17)18/h4-5,8-9,11-12,16H,3,6-7,10,18H2,1-2H3. The Hall–Kier alpha value is -1.77. The first kappa shape index (κ1) is 13.2. The highest BCUT2D eigenvalue weighted by atomic mass is 15.2. The second kappa shape index (κ2) is 5.31. The van der Waals surface area contributed by atoms with Crippen LogP contribution in [0.4, 0.5) is 11.4 Å². The Morgan fingerprint density at radius 1 is 1.20 bits per heavy atom. The van der Waals surface area contributed by atoms with Crippen LogP contribution < -0.4 is 10.6 Å². The average molecular weight is 269 g/mol. The number of para-hydroxylation sites is 1. The number of pyridine rings is 1. The molecule has 0 spiro atoms. The lowest BCUT2D eigenvalue weighted by atomic mass is 9.84. The number of aromatic nitrogens is 1. The molecule has 1 aliphatic carbocycles. The monoisotopic (exact) mass is 269 g/mol. The molecule has 3 nitrogen and oxygen atoms in total. The van der Waals surface area contributed by atoms with Crippen LogP contribution >= 0.6 is 0 Å². The van der Waals surface area contributed by atoms with E-state index in [0.717, 1.165) is 28.2 Å². The lowest BCUT2D eigenvalue weighted by molar-refractivity contribution is 0.322. The Morgan fingerprint density at radius 3 is 2.75 bits per heavy atom. The maximum absolute atomic E-state index is 6.24. The van der Waals surface area contributed by atoms with Crippen LogP contribution in [0.2, 0.25) is 0 Å². The first-order chi connectivity index (χ1) is 9.68. The van der Waals surface area contributed by atoms with Crippen LogP contribution in [0.5, 0.6) is 0 Å². The fourth-order valence-electron chi connectivity index (χ4n) is 3.57. The van der Waals surface area contributed by atoms with E-state index in [9.17, 15) is 0 Å². The van der Waals surface area contributed by atoms with E-state index in [1.165, 1.54) is 25.7 Å². The van der Waals surface area contributed by atoms with E-state index in [2.05, 4.69) is 42.1 Å². The highest BCUT2D eigenvalue weighted by Crippen LogP contribution is 2.36. The number of nitrogens with two attached hydrogens (primary N) is 1. The summed E-state index contributed by atoms with van der Waals surface area (Å²) in [5, 5.41) is 1.16. The summed E-state index contributed by atoms with van der Waals surface area (Å²) in [4.78, 5) is 6.83. The van der Waals surface area contributed by atoms with Gasteiger partial charge in [0.05, 0.1) is 23.1 Å². The molecule has 0 radical (unpaired) electrons. The minimum atomic E-state index is 0.580. The van der Waals surface area contributed by atoms with Crippen LogP contribution in [-0.2, 0) is 0 Å². The van der Waals surface area contributed by atoms with E-state index in [1.807, 2.05) is 6.07 Å². The van der Waals surface area contributed by atoms with E-state index >= 15 is 0 Å². The van der Waals surface area contributed by atoms with Gasteiger partial charge in [0, 0.05) is 18.5 Å². The van der Waals surface area contributed by atoms with Crippen molar-refractivity contribution in [3.8, 4) is 0 Å². The molecule has 0 amide bonds. The molecule has 2 aromatic rings. The highest BCUT2D eigenvalue weighted by Gasteiger charge is 2.27. The molecule has 0 bridgehead atoms. The lowest BCUT2D eigenvalue weighted by Crippen LogP contribution is -2.39. The SMILES string of the molecule is CC1CCCCC1N(C)c1c(N)cnc2ccccc12. The third-order valence-electron chi connectivity index (χ3n) is 4.69. The van der Waals surface area contributed by atoms with Crippen molar-refractivity contribution in [2.45, 2.75) is 38.6 Å². The van der Waals surface area contributed by atoms with Crippen molar-refractivity contribution in [3.63, 3.8) is 0 Å². The molecule has 106 valence electrons. The quantitative estimate of drug-likeness (QED) is 0.901. The molecule has 1 aromatic carbocycles. The zero-order chi connectivity index (χ0) is 14.1. The molecule has 1 aliphatic rings. The molecule has 2 N–H and O–H groups in total. The minimum absolute atomic E-state index is 0.580. The third kappa shape index (κ3) is 2.21. The molecular formula is C17H23N3. The Morgan fingerprint density at radius 2 is 1.95 bits per heavy atom. The summed E-state index contributed by atoms with van der Waals surface area (Å²) in [5.74, 6) is 0.722. The molecule has 3 rings (SSSR count). The maximum atomic E-state index is 6.24. The maximum Gasteiger partial charge on any atom is 0.0745 e. The van der Waals surface area contributed by atoms with Crippen molar-refractivity contribution in [2.24, 2.45) is 5.92 Å². The Balaban J connectivity index is 2.06. The van der Waals surface area contributed by atoms with Gasteiger partial charge >= 0.3 is 0 Å². The molecule has 2 atom stereocenters. The van der Waals surface area contributed by atoms with Crippen molar-refractivity contribution in [1.29, 1.82) is 0 Å². The van der Waals surface area contributed by atoms with Crippen LogP contribution in [0, 0.1) is 5.92 Å². The fraction of sp³-hybridized carbons (Fsp3) is 0.471. The van der Waals surface area contributed by atoms with E-state index in [4.69, 9.17) is 5.73 Å². The highest BCUT2D eigenvalue weighted by molar-refractivity contribution is 5.97. The second-order valence-corrected chi connectivity index (χ2v) is 6.02. The van der Waals surface area contributed by atoms with Gasteiger partial charge in [-0.1, -0.05) is 38.0 Å². The minimum Gasteiger partial charge on any atom is -0.396 e. The number of hydrogen-bond acceptors (Lipinski definition) is 3. The summed E-state index contributed by atoms with van der Waals surface area (Å²) in [6, 6.07) is 8.84. The van der Waals surface area contributed by atoms with E-state index in [1.54, 1.807) is 6.20 Å². The van der Waals surface area contributed by atoms with Crippen LogP contribution in [0.3, 0.4) is 0 Å². The Bertz CT molecular complexity index is 608. The van der Waals surface area contributed by atoms with Crippen LogP contribution in [0.25, 0.3) is 10.9 Å². The molecular weight excluding hydrogens is 246 g/mol. The topological polar surface area (TPSA) is 42.1 Å². The number of hydrogen-bond donors (Lipinski definition) is 1. The van der Waals surface area contributed by atoms with Crippen molar-refractivity contribution in [1.82, 2.24) is 4.98 Å². The molecule has 3 heteroatoms. The Kier molecular flexibility index (Phi) is 3.51. The van der Waals surface area contributed by atoms with E-state index < -0.39 is 0 Å². The molecule has 20 heavy (non-hydrogen) atoms. The average Bonchev–Trinajstić information content (AvgIpc) is 2.47. The van der Waals surface area contributed by atoms with Crippen molar-refractivity contribution < 1.29 is 0 Å². The van der Waals surface area contributed by atoms with Crippen LogP contribution in [0.1, 0.15) is 32.6 Å². The van der Waals surface area contributed by atoms with Gasteiger partial charge in [0.25, 0.3) is 0 Å². The molecule has 1 aromatic heterocycles. The van der Waals surface area contributed by atoms with E-state index in [0.29, 0.717) is 6.04 Å². The van der Waals surface area contributed by atoms with Gasteiger partial charge in [-0.3, -0.25) is 4.98 Å². The summed E-state index contributed by atoms with van der Waals surface area (Å²) >= 11 is 0. The zero-order valence-electron chi connectivity index (χ0n) is 12.3. The van der Waals surface area contributed by atoms with Crippen molar-refractivity contribution >= 4 is 22.3 Å². The summed E-state index contributed by atoms with van der Waals surface area (Å²) in [6.45, 7) is 2.36. The molecule has 1 heterocycles. The molecule has 0 saturated heterocycles. The third-order valence-corrected chi connectivity index (χ3v) is 4.69.